The van der Waals surface area contributed by atoms with Crippen molar-refractivity contribution in [2.75, 3.05) is 6.61 Å². The zero-order chi connectivity index (χ0) is 23.1. The highest BCUT2D eigenvalue weighted by Crippen LogP contribution is 2.31. The van der Waals surface area contributed by atoms with E-state index in [4.69, 9.17) is 9.47 Å². The normalized spacial score (nSPS) is 29.2. The summed E-state index contributed by atoms with van der Waals surface area (Å²) in [5.41, 5.74) is 0.292. The van der Waals surface area contributed by atoms with Crippen LogP contribution in [0.3, 0.4) is 0 Å². The summed E-state index contributed by atoms with van der Waals surface area (Å²) >= 11 is 0. The van der Waals surface area contributed by atoms with E-state index in [2.05, 4.69) is 0 Å². The van der Waals surface area contributed by atoms with E-state index in [0.717, 1.165) is 0 Å². The van der Waals surface area contributed by atoms with E-state index in [0.29, 0.717) is 12.0 Å². The molecule has 170 valence electrons. The van der Waals surface area contributed by atoms with Gasteiger partial charge in [0.05, 0.1) is 12.2 Å². The number of fused-ring (bicyclic) bond motifs is 1. The van der Waals surface area contributed by atoms with Crippen molar-refractivity contribution >= 4 is 17.8 Å². The molecule has 1 aromatic carbocycles. The van der Waals surface area contributed by atoms with E-state index >= 15 is 0 Å². The molecule has 0 fully saturated rings. The molecule has 0 amide bonds. The first kappa shape index (κ1) is 24.6. The number of hydrogen-bond donors (Lipinski definition) is 3. The van der Waals surface area contributed by atoms with Crippen LogP contribution in [0, 0.1) is 11.8 Å². The van der Waals surface area contributed by atoms with E-state index in [-0.39, 0.29) is 47.7 Å². The van der Waals surface area contributed by atoms with E-state index in [1.807, 2.05) is 13.0 Å². The molecule has 0 radical (unpaired) electrons. The first-order valence-electron chi connectivity index (χ1n) is 10.6. The number of rotatable bonds is 4. The average molecular weight is 433 g/mol. The van der Waals surface area contributed by atoms with Crippen LogP contribution in [0.25, 0.3) is 6.08 Å². The van der Waals surface area contributed by atoms with Crippen LogP contribution in [-0.2, 0) is 9.53 Å². The van der Waals surface area contributed by atoms with Gasteiger partial charge in [-0.2, -0.15) is 0 Å². The zero-order valence-electron chi connectivity index (χ0n) is 18.4. The molecule has 7 heteroatoms. The summed E-state index contributed by atoms with van der Waals surface area (Å²) in [6.45, 7) is 7.00. The number of ketones is 1. The molecular formula is C24H32O7. The molecular weight excluding hydrogens is 400 g/mol. The number of carbonyl (C=O) groups excluding carboxylic acids is 2. The fraction of sp³-hybridized carbons (Fsp3) is 0.500. The van der Waals surface area contributed by atoms with Crippen molar-refractivity contribution in [3.8, 4) is 11.5 Å². The number of carbonyl (C=O) groups is 2. The van der Waals surface area contributed by atoms with Crippen LogP contribution < -0.4 is 4.74 Å². The average Bonchev–Trinajstić information content (AvgIpc) is 2.73. The summed E-state index contributed by atoms with van der Waals surface area (Å²) in [4.78, 5) is 24.4. The highest BCUT2D eigenvalue weighted by molar-refractivity contribution is 5.97. The van der Waals surface area contributed by atoms with Crippen molar-refractivity contribution in [3.63, 3.8) is 0 Å². The maximum Gasteiger partial charge on any atom is 0.342 e. The minimum absolute atomic E-state index is 0.0334. The third kappa shape index (κ3) is 6.67. The van der Waals surface area contributed by atoms with Crippen molar-refractivity contribution in [1.82, 2.24) is 0 Å². The van der Waals surface area contributed by atoms with Crippen LogP contribution in [0.15, 0.2) is 30.4 Å². The van der Waals surface area contributed by atoms with Gasteiger partial charge in [-0.3, -0.25) is 4.79 Å². The Bertz CT molecular complexity index is 843. The summed E-state index contributed by atoms with van der Waals surface area (Å²) in [7, 11) is 0. The Kier molecular flexibility index (Phi) is 8.83. The molecule has 5 atom stereocenters. The fourth-order valence-corrected chi connectivity index (χ4v) is 3.11. The van der Waals surface area contributed by atoms with Crippen molar-refractivity contribution in [3.05, 3.63) is 41.5 Å². The van der Waals surface area contributed by atoms with Crippen LogP contribution in [0.1, 0.15) is 56.5 Å². The molecule has 31 heavy (non-hydrogen) atoms. The lowest BCUT2D eigenvalue weighted by atomic mass is 9.94. The Hall–Kier alpha value is -2.64. The lowest BCUT2D eigenvalue weighted by Gasteiger charge is -2.23. The number of esters is 1. The molecule has 1 heterocycles. The molecule has 0 saturated heterocycles. The molecule has 1 unspecified atom stereocenters. The van der Waals surface area contributed by atoms with Gasteiger partial charge in [-0.05, 0) is 25.0 Å². The minimum Gasteiger partial charge on any atom is -0.507 e. The van der Waals surface area contributed by atoms with E-state index in [1.165, 1.54) is 12.1 Å². The molecule has 7 nitrogen and oxygen atoms in total. The Morgan fingerprint density at radius 1 is 1.16 bits per heavy atom. The second kappa shape index (κ2) is 11.1. The lowest BCUT2D eigenvalue weighted by Crippen LogP contribution is -2.31. The summed E-state index contributed by atoms with van der Waals surface area (Å²) in [5.74, 6) is -1.33. The van der Waals surface area contributed by atoms with Gasteiger partial charge in [0.2, 0.25) is 0 Å². The van der Waals surface area contributed by atoms with Crippen molar-refractivity contribution in [2.45, 2.75) is 58.8 Å². The maximum absolute atomic E-state index is 12.8. The SMILES string of the molecule is CCC(=O)COc1cc(O)c2c(c1)/C=C/C[C@H](O)[C@H](O)C(C)/C=C\[C@@H](C)[C@H](C)OC2=O. The third-order valence-electron chi connectivity index (χ3n) is 5.48. The largest absolute Gasteiger partial charge is 0.507 e. The highest BCUT2D eigenvalue weighted by Gasteiger charge is 2.25. The van der Waals surface area contributed by atoms with Crippen LogP contribution in [0.2, 0.25) is 0 Å². The number of Topliss-reactive ketones (excluding diaryl/α,β-unsaturated/α-hetero) is 1. The van der Waals surface area contributed by atoms with Crippen molar-refractivity contribution in [1.29, 1.82) is 0 Å². The van der Waals surface area contributed by atoms with Crippen LogP contribution in [-0.4, -0.2) is 52.0 Å². The lowest BCUT2D eigenvalue weighted by molar-refractivity contribution is -0.120. The number of cyclic esters (lactones) is 1. The van der Waals surface area contributed by atoms with Gasteiger partial charge in [0, 0.05) is 24.3 Å². The zero-order valence-corrected chi connectivity index (χ0v) is 18.4. The van der Waals surface area contributed by atoms with E-state index in [1.54, 1.807) is 39.0 Å². The standard InChI is InChI=1S/C24H32O7/c1-5-18(25)13-30-19-11-17-7-6-8-20(26)23(28)15(3)10-9-14(2)16(4)31-24(29)22(17)21(27)12-19/h6-7,9-12,14-16,20,23,26-28H,5,8,13H2,1-4H3/b7-6+,10-9-/t14-,15?,16+,20+,23-/m1/s1. The van der Waals surface area contributed by atoms with Gasteiger partial charge in [-0.25, -0.2) is 4.79 Å². The molecule has 1 aliphatic rings. The van der Waals surface area contributed by atoms with Gasteiger partial charge in [-0.1, -0.05) is 45.1 Å². The smallest absolute Gasteiger partial charge is 0.342 e. The number of phenols is 1. The van der Waals surface area contributed by atoms with Gasteiger partial charge in [0.15, 0.2) is 5.78 Å². The number of aliphatic hydroxyl groups excluding tert-OH is 2. The van der Waals surface area contributed by atoms with Crippen LogP contribution in [0.4, 0.5) is 0 Å². The minimum atomic E-state index is -1.00. The fourth-order valence-electron chi connectivity index (χ4n) is 3.11. The predicted molar refractivity (Wildman–Crippen MR) is 117 cm³/mol. The molecule has 0 saturated carbocycles. The number of hydrogen-bond acceptors (Lipinski definition) is 7. The van der Waals surface area contributed by atoms with Gasteiger partial charge in [-0.15, -0.1) is 0 Å². The summed E-state index contributed by atoms with van der Waals surface area (Å²) in [5, 5.41) is 31.2. The topological polar surface area (TPSA) is 113 Å². The summed E-state index contributed by atoms with van der Waals surface area (Å²) < 4.78 is 11.0. The van der Waals surface area contributed by atoms with Gasteiger partial charge < -0.3 is 24.8 Å². The van der Waals surface area contributed by atoms with Gasteiger partial charge in [0.1, 0.15) is 29.8 Å². The molecule has 0 aliphatic carbocycles. The molecule has 0 spiro atoms. The monoisotopic (exact) mass is 432 g/mol. The molecule has 2 rings (SSSR count). The first-order chi connectivity index (χ1) is 14.6. The maximum atomic E-state index is 12.8. The van der Waals surface area contributed by atoms with Gasteiger partial charge in [0.25, 0.3) is 0 Å². The second-order valence-electron chi connectivity index (χ2n) is 8.00. The van der Waals surface area contributed by atoms with Crippen LogP contribution >= 0.6 is 0 Å². The van der Waals surface area contributed by atoms with Gasteiger partial charge >= 0.3 is 5.97 Å². The number of aromatic hydroxyl groups is 1. The van der Waals surface area contributed by atoms with Crippen molar-refractivity contribution < 1.29 is 34.4 Å². The predicted octanol–water partition coefficient (Wildman–Crippen LogP) is 3.26. The van der Waals surface area contributed by atoms with Crippen LogP contribution in [0.5, 0.6) is 11.5 Å². The molecule has 1 aromatic rings. The Morgan fingerprint density at radius 2 is 1.84 bits per heavy atom. The highest BCUT2D eigenvalue weighted by atomic mass is 16.5. The Morgan fingerprint density at radius 3 is 2.52 bits per heavy atom. The Labute approximate surface area is 183 Å². The number of benzene rings is 1. The summed E-state index contributed by atoms with van der Waals surface area (Å²) in [6.07, 6.45) is 4.80. The number of phenolic OH excluding ortho intramolecular Hbond substituents is 1. The molecule has 0 aromatic heterocycles. The quantitative estimate of drug-likeness (QED) is 0.494. The van der Waals surface area contributed by atoms with Crippen molar-refractivity contribution in [2.24, 2.45) is 11.8 Å². The van der Waals surface area contributed by atoms with E-state index < -0.39 is 24.3 Å². The molecule has 1 aliphatic heterocycles. The molecule has 0 bridgehead atoms. The number of ether oxygens (including phenoxy) is 2. The number of aliphatic hydroxyl groups is 2. The Balaban J connectivity index is 2.44. The molecule has 3 N–H and O–H groups in total. The first-order valence-corrected chi connectivity index (χ1v) is 10.6. The second-order valence-corrected chi connectivity index (χ2v) is 8.00. The third-order valence-corrected chi connectivity index (χ3v) is 5.48. The summed E-state index contributed by atoms with van der Waals surface area (Å²) in [6, 6.07) is 2.80. The van der Waals surface area contributed by atoms with E-state index in [9.17, 15) is 24.9 Å².